The molecule has 0 aliphatic carbocycles. The Morgan fingerprint density at radius 2 is 2.08 bits per heavy atom. The third-order valence-electron chi connectivity index (χ3n) is 2.01. The molecule has 0 aromatic carbocycles. The number of carbonyl (C=O) groups is 1. The van der Waals surface area contributed by atoms with Crippen LogP contribution in [-0.4, -0.2) is 24.8 Å². The van der Waals surface area contributed by atoms with Crippen LogP contribution in [0.2, 0.25) is 0 Å². The van der Waals surface area contributed by atoms with Crippen molar-refractivity contribution in [3.8, 4) is 0 Å². The first-order valence-electron chi connectivity index (χ1n) is 4.79. The van der Waals surface area contributed by atoms with Gasteiger partial charge in [0.2, 0.25) is 0 Å². The van der Waals surface area contributed by atoms with Crippen molar-refractivity contribution in [1.29, 1.82) is 0 Å². The van der Waals surface area contributed by atoms with Crippen molar-refractivity contribution in [1.82, 2.24) is 0 Å². The molecule has 1 unspecified atom stereocenters. The third-order valence-corrected chi connectivity index (χ3v) is 2.01. The minimum atomic E-state index is -0.676. The van der Waals surface area contributed by atoms with Crippen molar-refractivity contribution < 1.29 is 14.6 Å². The van der Waals surface area contributed by atoms with Gasteiger partial charge in [-0.05, 0) is 25.2 Å². The van der Waals surface area contributed by atoms with Gasteiger partial charge < -0.3 is 9.84 Å². The Hall–Kier alpha value is -0.570. The molecule has 0 heterocycles. The molecule has 1 N–H and O–H groups in total. The molecule has 3 nitrogen and oxygen atoms in total. The summed E-state index contributed by atoms with van der Waals surface area (Å²) in [7, 11) is 1.64. The zero-order valence-corrected chi connectivity index (χ0v) is 8.75. The highest BCUT2D eigenvalue weighted by Gasteiger charge is 2.17. The number of aliphatic carboxylic acids is 1. The summed E-state index contributed by atoms with van der Waals surface area (Å²) in [6.45, 7) is 4.75. The second kappa shape index (κ2) is 6.89. The predicted molar refractivity (Wildman–Crippen MR) is 51.7 cm³/mol. The van der Waals surface area contributed by atoms with E-state index in [9.17, 15) is 4.79 Å². The van der Waals surface area contributed by atoms with Gasteiger partial charge in [-0.2, -0.15) is 0 Å². The Balaban J connectivity index is 3.74. The second-order valence-corrected chi connectivity index (χ2v) is 3.80. The van der Waals surface area contributed by atoms with Crippen LogP contribution in [0.1, 0.15) is 33.1 Å². The van der Waals surface area contributed by atoms with Crippen LogP contribution in [0.25, 0.3) is 0 Å². The number of carboxylic acids is 1. The zero-order chi connectivity index (χ0) is 10.3. The van der Waals surface area contributed by atoms with Crippen LogP contribution in [0.4, 0.5) is 0 Å². The van der Waals surface area contributed by atoms with Gasteiger partial charge in [0.25, 0.3) is 0 Å². The van der Waals surface area contributed by atoms with Gasteiger partial charge in [0.15, 0.2) is 0 Å². The van der Waals surface area contributed by atoms with E-state index in [4.69, 9.17) is 9.84 Å². The molecule has 3 heteroatoms. The lowest BCUT2D eigenvalue weighted by Gasteiger charge is -2.13. The summed E-state index contributed by atoms with van der Waals surface area (Å²) in [5.41, 5.74) is 0. The molecular formula is C10H20O3. The highest BCUT2D eigenvalue weighted by molar-refractivity contribution is 5.69. The maximum Gasteiger partial charge on any atom is 0.306 e. The lowest BCUT2D eigenvalue weighted by Crippen LogP contribution is -2.16. The Bertz CT molecular complexity index is 143. The second-order valence-electron chi connectivity index (χ2n) is 3.80. The van der Waals surface area contributed by atoms with Gasteiger partial charge in [0, 0.05) is 13.7 Å². The van der Waals surface area contributed by atoms with E-state index in [1.807, 2.05) is 13.8 Å². The molecule has 0 amide bonds. The lowest BCUT2D eigenvalue weighted by atomic mass is 9.93. The highest BCUT2D eigenvalue weighted by Crippen LogP contribution is 2.17. The number of hydrogen-bond acceptors (Lipinski definition) is 2. The van der Waals surface area contributed by atoms with E-state index in [0.717, 1.165) is 19.3 Å². The quantitative estimate of drug-likeness (QED) is 0.623. The maximum atomic E-state index is 10.8. The predicted octanol–water partition coefficient (Wildman–Crippen LogP) is 2.16. The van der Waals surface area contributed by atoms with Gasteiger partial charge in [0.1, 0.15) is 0 Å². The smallest absolute Gasteiger partial charge is 0.306 e. The summed E-state index contributed by atoms with van der Waals surface area (Å²) in [5, 5.41) is 8.88. The van der Waals surface area contributed by atoms with Crippen molar-refractivity contribution in [2.75, 3.05) is 13.7 Å². The van der Waals surface area contributed by atoms with Gasteiger partial charge in [-0.1, -0.05) is 13.8 Å². The summed E-state index contributed by atoms with van der Waals surface area (Å²) in [4.78, 5) is 10.8. The number of methoxy groups -OCH3 is 1. The fraction of sp³-hybridized carbons (Fsp3) is 0.900. The molecule has 13 heavy (non-hydrogen) atoms. The summed E-state index contributed by atoms with van der Waals surface area (Å²) >= 11 is 0. The molecule has 1 atom stereocenters. The van der Waals surface area contributed by atoms with Crippen LogP contribution < -0.4 is 0 Å². The first-order valence-corrected chi connectivity index (χ1v) is 4.79. The topological polar surface area (TPSA) is 46.5 Å². The fourth-order valence-electron chi connectivity index (χ4n) is 1.39. The molecule has 0 spiro atoms. The van der Waals surface area contributed by atoms with Crippen molar-refractivity contribution in [2.24, 2.45) is 11.8 Å². The van der Waals surface area contributed by atoms with E-state index in [1.165, 1.54) is 0 Å². The lowest BCUT2D eigenvalue weighted by molar-refractivity contribution is -0.142. The average molecular weight is 188 g/mol. The van der Waals surface area contributed by atoms with Crippen LogP contribution >= 0.6 is 0 Å². The van der Waals surface area contributed by atoms with Gasteiger partial charge in [-0.3, -0.25) is 4.79 Å². The Morgan fingerprint density at radius 1 is 1.46 bits per heavy atom. The van der Waals surface area contributed by atoms with Crippen molar-refractivity contribution >= 4 is 5.97 Å². The molecule has 0 rings (SSSR count). The van der Waals surface area contributed by atoms with E-state index in [2.05, 4.69) is 0 Å². The molecule has 0 aromatic heterocycles. The highest BCUT2D eigenvalue weighted by atomic mass is 16.5. The number of ether oxygens (including phenoxy) is 1. The molecule has 0 aliphatic heterocycles. The molecule has 0 aromatic rings. The summed E-state index contributed by atoms with van der Waals surface area (Å²) in [6.07, 6.45) is 2.32. The maximum absolute atomic E-state index is 10.8. The molecular weight excluding hydrogens is 168 g/mol. The monoisotopic (exact) mass is 188 g/mol. The molecule has 0 saturated heterocycles. The van der Waals surface area contributed by atoms with Gasteiger partial charge >= 0.3 is 5.97 Å². The van der Waals surface area contributed by atoms with Crippen LogP contribution in [0, 0.1) is 11.8 Å². The van der Waals surface area contributed by atoms with Crippen molar-refractivity contribution in [3.63, 3.8) is 0 Å². The molecule has 0 bridgehead atoms. The minimum Gasteiger partial charge on any atom is -0.481 e. The minimum absolute atomic E-state index is 0.199. The fourth-order valence-corrected chi connectivity index (χ4v) is 1.39. The zero-order valence-electron chi connectivity index (χ0n) is 8.75. The number of rotatable bonds is 7. The molecule has 0 radical (unpaired) electrons. The molecule has 0 aliphatic rings. The Labute approximate surface area is 80.1 Å². The van der Waals surface area contributed by atoms with Crippen LogP contribution in [-0.2, 0) is 9.53 Å². The van der Waals surface area contributed by atoms with Gasteiger partial charge in [0.05, 0.1) is 5.92 Å². The van der Waals surface area contributed by atoms with E-state index in [0.29, 0.717) is 12.5 Å². The largest absolute Gasteiger partial charge is 0.481 e. The van der Waals surface area contributed by atoms with Gasteiger partial charge in [-0.15, -0.1) is 0 Å². The molecule has 0 fully saturated rings. The van der Waals surface area contributed by atoms with Crippen molar-refractivity contribution in [2.45, 2.75) is 33.1 Å². The summed E-state index contributed by atoms with van der Waals surface area (Å²) < 4.78 is 4.88. The first-order chi connectivity index (χ1) is 6.07. The first kappa shape index (κ1) is 12.4. The number of carboxylic acid groups (broad SMARTS) is 1. The third kappa shape index (κ3) is 6.58. The standard InChI is InChI=1S/C10H20O3/c1-8(2)7-9(10(11)12)5-4-6-13-3/h8-9H,4-7H2,1-3H3,(H,11,12). The van der Waals surface area contributed by atoms with E-state index >= 15 is 0 Å². The van der Waals surface area contributed by atoms with Crippen LogP contribution in [0.5, 0.6) is 0 Å². The van der Waals surface area contributed by atoms with E-state index < -0.39 is 5.97 Å². The normalized spacial score (nSPS) is 13.2. The molecule has 78 valence electrons. The van der Waals surface area contributed by atoms with Gasteiger partial charge in [-0.25, -0.2) is 0 Å². The van der Waals surface area contributed by atoms with Crippen LogP contribution in [0.15, 0.2) is 0 Å². The average Bonchev–Trinajstić information content (AvgIpc) is 2.02. The Kier molecular flexibility index (Phi) is 6.59. The molecule has 0 saturated carbocycles. The van der Waals surface area contributed by atoms with Crippen LogP contribution in [0.3, 0.4) is 0 Å². The van der Waals surface area contributed by atoms with E-state index in [-0.39, 0.29) is 5.92 Å². The number of hydrogen-bond donors (Lipinski definition) is 1. The Morgan fingerprint density at radius 3 is 2.46 bits per heavy atom. The summed E-state index contributed by atoms with van der Waals surface area (Å²) in [6, 6.07) is 0. The van der Waals surface area contributed by atoms with Crippen molar-refractivity contribution in [3.05, 3.63) is 0 Å². The SMILES string of the molecule is COCCCC(CC(C)C)C(=O)O. The van der Waals surface area contributed by atoms with E-state index in [1.54, 1.807) is 7.11 Å². The summed E-state index contributed by atoms with van der Waals surface area (Å²) in [5.74, 6) is -0.427.